The summed E-state index contributed by atoms with van der Waals surface area (Å²) in [5.41, 5.74) is 0.574. The van der Waals surface area contributed by atoms with Crippen LogP contribution >= 0.6 is 11.6 Å². The number of carbonyl (C=O) groups is 1. The van der Waals surface area contributed by atoms with Gasteiger partial charge in [-0.1, -0.05) is 50.4 Å². The average Bonchev–Trinajstić information content (AvgIpc) is 2.35. The van der Waals surface area contributed by atoms with Crippen LogP contribution in [0, 0.1) is 11.8 Å². The standard InChI is InChI=1S/C15H20ClNO/c1-10-6-5-9-14(11(10)2)17-15(18)12-7-3-4-8-13(12)16/h3-4,7-8,10-11,14H,5-6,9H2,1-2H3,(H,17,18)/t10-,11+,14-/m0/s1. The molecule has 1 aliphatic rings. The first-order valence-electron chi connectivity index (χ1n) is 6.65. The van der Waals surface area contributed by atoms with Crippen LogP contribution in [0.4, 0.5) is 0 Å². The molecule has 1 N–H and O–H groups in total. The number of rotatable bonds is 2. The minimum absolute atomic E-state index is 0.0495. The molecule has 0 radical (unpaired) electrons. The lowest BCUT2D eigenvalue weighted by atomic mass is 9.78. The van der Waals surface area contributed by atoms with Gasteiger partial charge in [-0.05, 0) is 30.4 Å². The van der Waals surface area contributed by atoms with Gasteiger partial charge in [0.2, 0.25) is 0 Å². The first-order chi connectivity index (χ1) is 8.59. The van der Waals surface area contributed by atoms with E-state index >= 15 is 0 Å². The maximum Gasteiger partial charge on any atom is 0.253 e. The molecule has 3 heteroatoms. The average molecular weight is 266 g/mol. The van der Waals surface area contributed by atoms with Gasteiger partial charge < -0.3 is 5.32 Å². The highest BCUT2D eigenvalue weighted by molar-refractivity contribution is 6.33. The zero-order valence-electron chi connectivity index (χ0n) is 10.9. The Hall–Kier alpha value is -1.02. The summed E-state index contributed by atoms with van der Waals surface area (Å²) < 4.78 is 0. The lowest BCUT2D eigenvalue weighted by Gasteiger charge is -2.34. The van der Waals surface area contributed by atoms with Crippen molar-refractivity contribution in [2.24, 2.45) is 11.8 Å². The van der Waals surface area contributed by atoms with Gasteiger partial charge in [-0.15, -0.1) is 0 Å². The van der Waals surface area contributed by atoms with Gasteiger partial charge >= 0.3 is 0 Å². The number of benzene rings is 1. The van der Waals surface area contributed by atoms with Crippen molar-refractivity contribution in [2.45, 2.75) is 39.2 Å². The summed E-state index contributed by atoms with van der Waals surface area (Å²) in [5, 5.41) is 3.65. The second-order valence-corrected chi connectivity index (χ2v) is 5.73. The van der Waals surface area contributed by atoms with Gasteiger partial charge in [0.15, 0.2) is 0 Å². The van der Waals surface area contributed by atoms with Gasteiger partial charge in [-0.25, -0.2) is 0 Å². The van der Waals surface area contributed by atoms with Crippen molar-refractivity contribution in [3.8, 4) is 0 Å². The van der Waals surface area contributed by atoms with Crippen molar-refractivity contribution in [3.63, 3.8) is 0 Å². The van der Waals surface area contributed by atoms with E-state index in [-0.39, 0.29) is 11.9 Å². The Morgan fingerprint density at radius 1 is 1.28 bits per heavy atom. The lowest BCUT2D eigenvalue weighted by Crippen LogP contribution is -2.43. The van der Waals surface area contributed by atoms with Gasteiger partial charge in [0.25, 0.3) is 5.91 Å². The normalized spacial score (nSPS) is 27.8. The molecule has 2 nitrogen and oxygen atoms in total. The SMILES string of the molecule is C[C@H]1[C@@H](NC(=O)c2ccccc2Cl)CCC[C@@H]1C. The number of amides is 1. The molecule has 0 saturated heterocycles. The van der Waals surface area contributed by atoms with Crippen LogP contribution in [0.3, 0.4) is 0 Å². The summed E-state index contributed by atoms with van der Waals surface area (Å²) >= 11 is 6.04. The number of carbonyl (C=O) groups excluding carboxylic acids is 1. The number of hydrogen-bond donors (Lipinski definition) is 1. The van der Waals surface area contributed by atoms with Crippen LogP contribution in [-0.2, 0) is 0 Å². The Kier molecular flexibility index (Phi) is 4.28. The smallest absolute Gasteiger partial charge is 0.253 e. The number of halogens is 1. The third kappa shape index (κ3) is 2.86. The molecular formula is C15H20ClNO. The lowest BCUT2D eigenvalue weighted by molar-refractivity contribution is 0.0891. The predicted molar refractivity (Wildman–Crippen MR) is 74.9 cm³/mol. The first-order valence-corrected chi connectivity index (χ1v) is 7.02. The molecule has 1 saturated carbocycles. The van der Waals surface area contributed by atoms with E-state index < -0.39 is 0 Å². The zero-order valence-corrected chi connectivity index (χ0v) is 11.7. The summed E-state index contributed by atoms with van der Waals surface area (Å²) in [7, 11) is 0. The van der Waals surface area contributed by atoms with Crippen LogP contribution in [0.25, 0.3) is 0 Å². The van der Waals surface area contributed by atoms with Crippen molar-refractivity contribution in [1.82, 2.24) is 5.32 Å². The van der Waals surface area contributed by atoms with Gasteiger partial charge in [0.05, 0.1) is 10.6 Å². The van der Waals surface area contributed by atoms with Crippen LogP contribution < -0.4 is 5.32 Å². The Morgan fingerprint density at radius 3 is 2.72 bits per heavy atom. The van der Waals surface area contributed by atoms with E-state index in [4.69, 9.17) is 11.6 Å². The molecular weight excluding hydrogens is 246 g/mol. The topological polar surface area (TPSA) is 29.1 Å². The highest BCUT2D eigenvalue weighted by atomic mass is 35.5. The third-order valence-electron chi connectivity index (χ3n) is 4.14. The Labute approximate surface area is 114 Å². The maximum atomic E-state index is 12.2. The third-order valence-corrected chi connectivity index (χ3v) is 4.47. The fraction of sp³-hybridized carbons (Fsp3) is 0.533. The molecule has 1 aliphatic carbocycles. The van der Waals surface area contributed by atoms with Crippen molar-refractivity contribution < 1.29 is 4.79 Å². The fourth-order valence-electron chi connectivity index (χ4n) is 2.68. The van der Waals surface area contributed by atoms with Gasteiger partial charge in [0, 0.05) is 6.04 Å². The second-order valence-electron chi connectivity index (χ2n) is 5.33. The summed E-state index contributed by atoms with van der Waals surface area (Å²) in [5.74, 6) is 1.16. The molecule has 3 atom stereocenters. The zero-order chi connectivity index (χ0) is 13.1. The Morgan fingerprint density at radius 2 is 2.00 bits per heavy atom. The van der Waals surface area contributed by atoms with E-state index in [2.05, 4.69) is 19.2 Å². The van der Waals surface area contributed by atoms with Crippen LogP contribution in [0.5, 0.6) is 0 Å². The van der Waals surface area contributed by atoms with Gasteiger partial charge in [-0.2, -0.15) is 0 Å². The molecule has 2 rings (SSSR count). The quantitative estimate of drug-likeness (QED) is 0.863. The summed E-state index contributed by atoms with van der Waals surface area (Å²) in [6.07, 6.45) is 3.53. The van der Waals surface area contributed by atoms with E-state index in [1.54, 1.807) is 12.1 Å². The highest BCUT2D eigenvalue weighted by Gasteiger charge is 2.28. The minimum atomic E-state index is -0.0495. The highest BCUT2D eigenvalue weighted by Crippen LogP contribution is 2.29. The van der Waals surface area contributed by atoms with E-state index in [0.29, 0.717) is 22.4 Å². The van der Waals surface area contributed by atoms with Crippen molar-refractivity contribution in [2.75, 3.05) is 0 Å². The van der Waals surface area contributed by atoms with Crippen molar-refractivity contribution in [1.29, 1.82) is 0 Å². The van der Waals surface area contributed by atoms with Gasteiger partial charge in [0.1, 0.15) is 0 Å². The Bertz CT molecular complexity index is 432. The van der Waals surface area contributed by atoms with Crippen LogP contribution in [0.1, 0.15) is 43.5 Å². The van der Waals surface area contributed by atoms with E-state index in [1.807, 2.05) is 12.1 Å². The molecule has 0 spiro atoms. The molecule has 1 amide bonds. The van der Waals surface area contributed by atoms with E-state index in [9.17, 15) is 4.79 Å². The monoisotopic (exact) mass is 265 g/mol. The summed E-state index contributed by atoms with van der Waals surface area (Å²) in [6.45, 7) is 4.49. The van der Waals surface area contributed by atoms with Crippen molar-refractivity contribution >= 4 is 17.5 Å². The molecule has 0 bridgehead atoms. The molecule has 0 unspecified atom stereocenters. The first kappa shape index (κ1) is 13.4. The van der Waals surface area contributed by atoms with Crippen molar-refractivity contribution in [3.05, 3.63) is 34.9 Å². The van der Waals surface area contributed by atoms with Gasteiger partial charge in [-0.3, -0.25) is 4.79 Å². The number of nitrogens with one attached hydrogen (secondary N) is 1. The maximum absolute atomic E-state index is 12.2. The van der Waals surface area contributed by atoms with E-state index in [0.717, 1.165) is 6.42 Å². The Balaban J connectivity index is 2.05. The number of hydrogen-bond acceptors (Lipinski definition) is 1. The summed E-state index contributed by atoms with van der Waals surface area (Å²) in [6, 6.07) is 7.48. The van der Waals surface area contributed by atoms with Crippen LogP contribution in [-0.4, -0.2) is 11.9 Å². The second kappa shape index (κ2) is 5.75. The van der Waals surface area contributed by atoms with Crippen LogP contribution in [0.2, 0.25) is 5.02 Å². The molecule has 1 fully saturated rings. The summed E-state index contributed by atoms with van der Waals surface area (Å²) in [4.78, 5) is 12.2. The predicted octanol–water partition coefficient (Wildman–Crippen LogP) is 3.89. The minimum Gasteiger partial charge on any atom is -0.349 e. The molecule has 18 heavy (non-hydrogen) atoms. The molecule has 0 aromatic heterocycles. The van der Waals surface area contributed by atoms with Crippen LogP contribution in [0.15, 0.2) is 24.3 Å². The fourth-order valence-corrected chi connectivity index (χ4v) is 2.90. The molecule has 1 aromatic rings. The molecule has 0 aliphatic heterocycles. The molecule has 0 heterocycles. The van der Waals surface area contributed by atoms with E-state index in [1.165, 1.54) is 12.8 Å². The molecule has 1 aromatic carbocycles. The molecule has 98 valence electrons. The largest absolute Gasteiger partial charge is 0.349 e.